The van der Waals surface area contributed by atoms with E-state index in [2.05, 4.69) is 26.8 Å². The minimum absolute atomic E-state index is 0.139. The van der Waals surface area contributed by atoms with Crippen LogP contribution in [0.25, 0.3) is 0 Å². The second-order valence-corrected chi connectivity index (χ2v) is 6.92. The zero-order valence-corrected chi connectivity index (χ0v) is 15.5. The average molecular weight is 367 g/mol. The number of hydrazine groups is 1. The molecule has 4 rings (SSSR count). The van der Waals surface area contributed by atoms with Crippen molar-refractivity contribution in [3.8, 4) is 5.75 Å². The van der Waals surface area contributed by atoms with Crippen LogP contribution >= 0.6 is 0 Å². The van der Waals surface area contributed by atoms with Gasteiger partial charge in [0.1, 0.15) is 11.8 Å². The summed E-state index contributed by atoms with van der Waals surface area (Å²) in [5.41, 5.74) is 8.70. The number of aromatic nitrogens is 1. The fourth-order valence-corrected chi connectivity index (χ4v) is 3.75. The van der Waals surface area contributed by atoms with Gasteiger partial charge >= 0.3 is 0 Å². The van der Waals surface area contributed by atoms with Crippen LogP contribution in [0.1, 0.15) is 18.0 Å². The number of amides is 1. The highest BCUT2D eigenvalue weighted by Crippen LogP contribution is 2.24. The van der Waals surface area contributed by atoms with Gasteiger partial charge in [-0.2, -0.15) is 0 Å². The third-order valence-corrected chi connectivity index (χ3v) is 5.32. The number of hydrogen-bond donors (Lipinski definition) is 2. The Hall–Kier alpha value is -2.64. The lowest BCUT2D eigenvalue weighted by molar-refractivity contribution is -0.133. The third-order valence-electron chi connectivity index (χ3n) is 5.32. The van der Waals surface area contributed by atoms with E-state index in [1.807, 2.05) is 35.2 Å². The molecule has 0 radical (unpaired) electrons. The minimum atomic E-state index is -0.188. The van der Waals surface area contributed by atoms with E-state index in [0.29, 0.717) is 0 Å². The molecule has 1 aromatic carbocycles. The van der Waals surface area contributed by atoms with Crippen LogP contribution in [0.5, 0.6) is 5.75 Å². The van der Waals surface area contributed by atoms with Crippen molar-refractivity contribution in [2.45, 2.75) is 18.5 Å². The number of nitrogens with zero attached hydrogens (tertiary/aromatic N) is 3. The van der Waals surface area contributed by atoms with Crippen molar-refractivity contribution in [1.82, 2.24) is 20.7 Å². The predicted molar refractivity (Wildman–Crippen MR) is 103 cm³/mol. The number of hydrogen-bond acceptors (Lipinski definition) is 6. The van der Waals surface area contributed by atoms with E-state index in [0.717, 1.165) is 49.6 Å². The van der Waals surface area contributed by atoms with Crippen LogP contribution in [-0.2, 0) is 4.79 Å². The van der Waals surface area contributed by atoms with Gasteiger partial charge in [0.15, 0.2) is 0 Å². The molecule has 7 heteroatoms. The normalized spacial score (nSPS) is 22.7. The maximum atomic E-state index is 12.9. The molecule has 2 atom stereocenters. The minimum Gasteiger partial charge on any atom is -0.497 e. The summed E-state index contributed by atoms with van der Waals surface area (Å²) >= 11 is 0. The molecule has 1 amide bonds. The number of anilines is 1. The molecule has 2 aliphatic rings. The standard InChI is InChI=1S/C20H25N5O2/c1-27-17-4-2-3-16(13-17)24-9-11-25(12-10-24)20(26)19-14-18(22-23-19)15-5-7-21-8-6-15/h2-8,13,18-19,22-23H,9-12,14H2,1H3. The Balaban J connectivity index is 1.32. The van der Waals surface area contributed by atoms with E-state index in [1.165, 1.54) is 0 Å². The lowest BCUT2D eigenvalue weighted by Crippen LogP contribution is -2.53. The van der Waals surface area contributed by atoms with Crippen molar-refractivity contribution in [3.05, 3.63) is 54.4 Å². The largest absolute Gasteiger partial charge is 0.497 e. The van der Waals surface area contributed by atoms with Crippen molar-refractivity contribution in [3.63, 3.8) is 0 Å². The maximum Gasteiger partial charge on any atom is 0.241 e. The molecule has 2 unspecified atom stereocenters. The summed E-state index contributed by atoms with van der Waals surface area (Å²) in [5.74, 6) is 1.03. The Kier molecular flexibility index (Phi) is 5.22. The number of carbonyl (C=O) groups excluding carboxylic acids is 1. The Morgan fingerprint density at radius 3 is 2.63 bits per heavy atom. The zero-order chi connectivity index (χ0) is 18.6. The van der Waals surface area contributed by atoms with Crippen LogP contribution in [-0.4, -0.2) is 55.1 Å². The molecule has 1 aromatic heterocycles. The quantitative estimate of drug-likeness (QED) is 0.850. The van der Waals surface area contributed by atoms with E-state index in [4.69, 9.17) is 4.74 Å². The predicted octanol–water partition coefficient (Wildman–Crippen LogP) is 1.35. The van der Waals surface area contributed by atoms with Gasteiger partial charge in [0.25, 0.3) is 0 Å². The number of pyridine rings is 1. The molecular weight excluding hydrogens is 342 g/mol. The van der Waals surface area contributed by atoms with E-state index < -0.39 is 0 Å². The summed E-state index contributed by atoms with van der Waals surface area (Å²) in [5, 5.41) is 0. The van der Waals surface area contributed by atoms with Gasteiger partial charge in [-0.05, 0) is 36.2 Å². The van der Waals surface area contributed by atoms with Crippen LogP contribution in [0, 0.1) is 0 Å². The Morgan fingerprint density at radius 1 is 1.11 bits per heavy atom. The highest BCUT2D eigenvalue weighted by molar-refractivity contribution is 5.82. The molecule has 7 nitrogen and oxygen atoms in total. The Bertz CT molecular complexity index is 777. The topological polar surface area (TPSA) is 69.7 Å². The Labute approximate surface area is 159 Å². The fraction of sp³-hybridized carbons (Fsp3) is 0.400. The molecule has 3 heterocycles. The SMILES string of the molecule is COc1cccc(N2CCN(C(=O)C3CC(c4ccncc4)NN3)CC2)c1. The van der Waals surface area contributed by atoms with Crippen molar-refractivity contribution >= 4 is 11.6 Å². The van der Waals surface area contributed by atoms with Gasteiger partial charge in [-0.1, -0.05) is 6.07 Å². The van der Waals surface area contributed by atoms with Gasteiger partial charge in [0, 0.05) is 56.4 Å². The second kappa shape index (κ2) is 7.94. The lowest BCUT2D eigenvalue weighted by Gasteiger charge is -2.37. The summed E-state index contributed by atoms with van der Waals surface area (Å²) in [7, 11) is 1.68. The van der Waals surface area contributed by atoms with Crippen LogP contribution < -0.4 is 20.5 Å². The van der Waals surface area contributed by atoms with E-state index in [-0.39, 0.29) is 18.0 Å². The molecule has 0 aliphatic carbocycles. The molecule has 0 bridgehead atoms. The molecule has 2 N–H and O–H groups in total. The highest BCUT2D eigenvalue weighted by Gasteiger charge is 2.34. The van der Waals surface area contributed by atoms with E-state index in [9.17, 15) is 4.79 Å². The number of ether oxygens (including phenoxy) is 1. The molecular formula is C20H25N5O2. The van der Waals surface area contributed by atoms with Crippen molar-refractivity contribution in [1.29, 1.82) is 0 Å². The van der Waals surface area contributed by atoms with Crippen molar-refractivity contribution in [2.24, 2.45) is 0 Å². The molecule has 2 aliphatic heterocycles. The van der Waals surface area contributed by atoms with E-state index in [1.54, 1.807) is 19.5 Å². The number of nitrogens with one attached hydrogen (secondary N) is 2. The first-order valence-electron chi connectivity index (χ1n) is 9.33. The average Bonchev–Trinajstić information content (AvgIpc) is 3.24. The number of piperazine rings is 1. The number of benzene rings is 1. The molecule has 0 spiro atoms. The van der Waals surface area contributed by atoms with E-state index >= 15 is 0 Å². The zero-order valence-electron chi connectivity index (χ0n) is 15.5. The summed E-state index contributed by atoms with van der Waals surface area (Å²) < 4.78 is 5.31. The first-order chi connectivity index (χ1) is 13.2. The first kappa shape index (κ1) is 17.8. The number of carbonyl (C=O) groups is 1. The van der Waals surface area contributed by atoms with Gasteiger partial charge in [0.05, 0.1) is 7.11 Å². The smallest absolute Gasteiger partial charge is 0.241 e. The number of rotatable bonds is 4. The second-order valence-electron chi connectivity index (χ2n) is 6.92. The lowest BCUT2D eigenvalue weighted by atomic mass is 10.0. The molecule has 0 saturated carbocycles. The monoisotopic (exact) mass is 367 g/mol. The van der Waals surface area contributed by atoms with Crippen molar-refractivity contribution in [2.75, 3.05) is 38.2 Å². The molecule has 2 aromatic rings. The fourth-order valence-electron chi connectivity index (χ4n) is 3.75. The summed E-state index contributed by atoms with van der Waals surface area (Å²) in [4.78, 5) is 21.2. The molecule has 2 fully saturated rings. The van der Waals surface area contributed by atoms with Crippen LogP contribution in [0.3, 0.4) is 0 Å². The third kappa shape index (κ3) is 3.89. The van der Waals surface area contributed by atoms with Gasteiger partial charge in [-0.15, -0.1) is 0 Å². The first-order valence-corrected chi connectivity index (χ1v) is 9.33. The van der Waals surface area contributed by atoms with Crippen LogP contribution in [0.4, 0.5) is 5.69 Å². The number of methoxy groups -OCH3 is 1. The summed E-state index contributed by atoms with van der Waals surface area (Å²) in [6.45, 7) is 3.11. The van der Waals surface area contributed by atoms with Crippen molar-refractivity contribution < 1.29 is 9.53 Å². The maximum absolute atomic E-state index is 12.9. The summed E-state index contributed by atoms with van der Waals surface area (Å²) in [6.07, 6.45) is 4.31. The van der Waals surface area contributed by atoms with Gasteiger partial charge < -0.3 is 14.5 Å². The Morgan fingerprint density at radius 2 is 1.89 bits per heavy atom. The highest BCUT2D eigenvalue weighted by atomic mass is 16.5. The van der Waals surface area contributed by atoms with Gasteiger partial charge in [0.2, 0.25) is 5.91 Å². The summed E-state index contributed by atoms with van der Waals surface area (Å²) in [6, 6.07) is 12.0. The molecule has 2 saturated heterocycles. The molecule has 27 heavy (non-hydrogen) atoms. The van der Waals surface area contributed by atoms with Crippen LogP contribution in [0.15, 0.2) is 48.8 Å². The molecule has 142 valence electrons. The van der Waals surface area contributed by atoms with Gasteiger partial charge in [-0.25, -0.2) is 10.9 Å². The van der Waals surface area contributed by atoms with Crippen LogP contribution in [0.2, 0.25) is 0 Å². The van der Waals surface area contributed by atoms with Gasteiger partial charge in [-0.3, -0.25) is 9.78 Å².